The molecule has 0 unspecified atom stereocenters. The van der Waals surface area contributed by atoms with Crippen molar-refractivity contribution in [1.82, 2.24) is 14.4 Å². The van der Waals surface area contributed by atoms with Crippen molar-refractivity contribution in [1.29, 1.82) is 0 Å². The SMILES string of the molecule is Cc1cc(C)c(C=Cc2onc(C)c2S(=O)(=O)N2CCC(C(=O)N3CC=C(c4ccccc4)CC3)CC2)c(C)c1. The van der Waals surface area contributed by atoms with Gasteiger partial charge in [0.25, 0.3) is 0 Å². The number of piperidine rings is 1. The summed E-state index contributed by atoms with van der Waals surface area (Å²) in [6.07, 6.45) is 7.56. The largest absolute Gasteiger partial charge is 0.355 e. The van der Waals surface area contributed by atoms with E-state index < -0.39 is 10.0 Å². The van der Waals surface area contributed by atoms with Gasteiger partial charge in [0.2, 0.25) is 15.9 Å². The molecule has 0 aliphatic carbocycles. The van der Waals surface area contributed by atoms with Crippen molar-refractivity contribution < 1.29 is 17.7 Å². The van der Waals surface area contributed by atoms with Gasteiger partial charge in [-0.15, -0.1) is 0 Å². The third-order valence-electron chi connectivity index (χ3n) is 8.04. The molecule has 8 heteroatoms. The van der Waals surface area contributed by atoms with Gasteiger partial charge in [0.1, 0.15) is 5.69 Å². The van der Waals surface area contributed by atoms with Gasteiger partial charge < -0.3 is 9.42 Å². The summed E-state index contributed by atoms with van der Waals surface area (Å²) in [5.41, 5.74) is 7.25. The van der Waals surface area contributed by atoms with Crippen LogP contribution in [-0.2, 0) is 14.8 Å². The molecule has 2 aromatic carbocycles. The Labute approximate surface area is 237 Å². The molecule has 0 atom stereocenters. The van der Waals surface area contributed by atoms with Crippen LogP contribution < -0.4 is 0 Å². The molecule has 0 N–H and O–H groups in total. The van der Waals surface area contributed by atoms with E-state index in [0.717, 1.165) is 23.1 Å². The first-order valence-corrected chi connectivity index (χ1v) is 15.3. The van der Waals surface area contributed by atoms with Gasteiger partial charge >= 0.3 is 0 Å². The zero-order valence-corrected chi connectivity index (χ0v) is 24.5. The second-order valence-corrected chi connectivity index (χ2v) is 12.8. The Morgan fingerprint density at radius 1 is 0.975 bits per heavy atom. The fourth-order valence-corrected chi connectivity index (χ4v) is 7.65. The molecule has 40 heavy (non-hydrogen) atoms. The topological polar surface area (TPSA) is 83.7 Å². The molecule has 1 aromatic heterocycles. The van der Waals surface area contributed by atoms with Crippen molar-refractivity contribution in [3.63, 3.8) is 0 Å². The molecule has 0 bridgehead atoms. The number of aryl methyl sites for hydroxylation is 4. The minimum Gasteiger partial charge on any atom is -0.355 e. The lowest BCUT2D eigenvalue weighted by atomic mass is 9.94. The number of carbonyl (C=O) groups is 1. The number of hydrogen-bond donors (Lipinski definition) is 0. The lowest BCUT2D eigenvalue weighted by Gasteiger charge is -2.34. The summed E-state index contributed by atoms with van der Waals surface area (Å²) >= 11 is 0. The number of aromatic nitrogens is 1. The van der Waals surface area contributed by atoms with Crippen LogP contribution in [0, 0.1) is 33.6 Å². The highest BCUT2D eigenvalue weighted by atomic mass is 32.2. The predicted octanol–water partition coefficient (Wildman–Crippen LogP) is 5.80. The smallest absolute Gasteiger partial charge is 0.248 e. The van der Waals surface area contributed by atoms with E-state index in [-0.39, 0.29) is 22.5 Å². The van der Waals surface area contributed by atoms with E-state index in [2.05, 4.69) is 42.4 Å². The van der Waals surface area contributed by atoms with E-state index in [1.807, 2.05) is 43.0 Å². The summed E-state index contributed by atoms with van der Waals surface area (Å²) in [6.45, 7) is 9.65. The second kappa shape index (κ2) is 11.6. The molecule has 0 spiro atoms. The summed E-state index contributed by atoms with van der Waals surface area (Å²) in [5, 5.41) is 3.98. The second-order valence-electron chi connectivity index (χ2n) is 10.9. The molecule has 1 saturated heterocycles. The monoisotopic (exact) mass is 559 g/mol. The molecule has 0 radical (unpaired) electrons. The van der Waals surface area contributed by atoms with E-state index in [1.165, 1.54) is 21.0 Å². The van der Waals surface area contributed by atoms with E-state index in [9.17, 15) is 13.2 Å². The number of amides is 1. The van der Waals surface area contributed by atoms with Gasteiger partial charge in [-0.2, -0.15) is 4.31 Å². The molecule has 5 rings (SSSR count). The van der Waals surface area contributed by atoms with Gasteiger partial charge in [-0.25, -0.2) is 8.42 Å². The highest BCUT2D eigenvalue weighted by Gasteiger charge is 2.37. The van der Waals surface area contributed by atoms with Gasteiger partial charge in [-0.05, 0) is 80.9 Å². The number of hydrogen-bond acceptors (Lipinski definition) is 5. The molecule has 2 aliphatic rings. The van der Waals surface area contributed by atoms with Crippen LogP contribution >= 0.6 is 0 Å². The van der Waals surface area contributed by atoms with Crippen molar-refractivity contribution in [3.05, 3.63) is 87.8 Å². The molecule has 1 amide bonds. The zero-order valence-electron chi connectivity index (χ0n) is 23.7. The summed E-state index contributed by atoms with van der Waals surface area (Å²) in [4.78, 5) is 15.3. The van der Waals surface area contributed by atoms with Crippen LogP contribution in [-0.4, -0.2) is 54.9 Å². The molecule has 0 saturated carbocycles. The summed E-state index contributed by atoms with van der Waals surface area (Å²) < 4.78 is 34.4. The molecular formula is C32H37N3O4S. The maximum atomic E-state index is 13.7. The third-order valence-corrected chi connectivity index (χ3v) is 10.1. The number of nitrogens with zero attached hydrogens (tertiary/aromatic N) is 3. The summed E-state index contributed by atoms with van der Waals surface area (Å²) in [5.74, 6) is 0.173. The average Bonchev–Trinajstić information content (AvgIpc) is 3.33. The van der Waals surface area contributed by atoms with Crippen LogP contribution in [0.1, 0.15) is 58.5 Å². The Morgan fingerprint density at radius 3 is 2.27 bits per heavy atom. The van der Waals surface area contributed by atoms with Gasteiger partial charge in [0.15, 0.2) is 10.7 Å². The summed E-state index contributed by atoms with van der Waals surface area (Å²) in [7, 11) is -3.83. The van der Waals surface area contributed by atoms with Crippen LogP contribution in [0.4, 0.5) is 0 Å². The molecular weight excluding hydrogens is 522 g/mol. The Kier molecular flexibility index (Phi) is 8.10. The minimum absolute atomic E-state index is 0.102. The lowest BCUT2D eigenvalue weighted by molar-refractivity contribution is -0.136. The third kappa shape index (κ3) is 5.69. The van der Waals surface area contributed by atoms with Crippen LogP contribution in [0.3, 0.4) is 0 Å². The van der Waals surface area contributed by atoms with Crippen LogP contribution in [0.5, 0.6) is 0 Å². The fourth-order valence-electron chi connectivity index (χ4n) is 5.93. The van der Waals surface area contributed by atoms with Crippen molar-refractivity contribution in [2.75, 3.05) is 26.2 Å². The van der Waals surface area contributed by atoms with Crippen molar-refractivity contribution in [2.45, 2.75) is 51.9 Å². The quantitative estimate of drug-likeness (QED) is 0.381. The Morgan fingerprint density at radius 2 is 1.65 bits per heavy atom. The summed E-state index contributed by atoms with van der Waals surface area (Å²) in [6, 6.07) is 14.5. The number of benzene rings is 2. The van der Waals surface area contributed by atoms with Crippen LogP contribution in [0.15, 0.2) is 58.0 Å². The fraction of sp³-hybridized carbons (Fsp3) is 0.375. The van der Waals surface area contributed by atoms with E-state index >= 15 is 0 Å². The average molecular weight is 560 g/mol. The van der Waals surface area contributed by atoms with E-state index in [4.69, 9.17) is 4.52 Å². The molecule has 7 nitrogen and oxygen atoms in total. The minimum atomic E-state index is -3.83. The molecule has 2 aliphatic heterocycles. The Bertz CT molecular complexity index is 1540. The first-order valence-electron chi connectivity index (χ1n) is 13.9. The van der Waals surface area contributed by atoms with E-state index in [0.29, 0.717) is 44.7 Å². The van der Waals surface area contributed by atoms with Gasteiger partial charge in [-0.1, -0.05) is 65.3 Å². The number of sulfonamides is 1. The standard InChI is InChI=1S/C32H37N3O4S/c1-22-20-23(2)29(24(3)21-22)10-11-30-31(25(4)33-39-30)40(37,38)35-18-14-28(15-19-35)32(36)34-16-12-27(13-17-34)26-8-6-5-7-9-26/h5-12,20-21,28H,13-19H2,1-4H3. The highest BCUT2D eigenvalue weighted by molar-refractivity contribution is 7.89. The van der Waals surface area contributed by atoms with Crippen molar-refractivity contribution in [3.8, 4) is 0 Å². The normalized spacial score (nSPS) is 17.4. The predicted molar refractivity (Wildman–Crippen MR) is 158 cm³/mol. The van der Waals surface area contributed by atoms with E-state index in [1.54, 1.807) is 13.0 Å². The zero-order chi connectivity index (χ0) is 28.4. The lowest BCUT2D eigenvalue weighted by Crippen LogP contribution is -2.45. The van der Waals surface area contributed by atoms with Gasteiger partial charge in [0, 0.05) is 32.1 Å². The van der Waals surface area contributed by atoms with Crippen molar-refractivity contribution >= 4 is 33.7 Å². The Hall–Kier alpha value is -3.49. The highest BCUT2D eigenvalue weighted by Crippen LogP contribution is 2.31. The maximum absolute atomic E-state index is 13.7. The van der Waals surface area contributed by atoms with Crippen molar-refractivity contribution in [2.24, 2.45) is 5.92 Å². The molecule has 1 fully saturated rings. The number of rotatable bonds is 6. The van der Waals surface area contributed by atoms with Crippen LogP contribution in [0.2, 0.25) is 0 Å². The Balaban J connectivity index is 1.25. The molecule has 3 heterocycles. The first-order chi connectivity index (χ1) is 19.1. The van der Waals surface area contributed by atoms with Gasteiger partial charge in [-0.3, -0.25) is 4.79 Å². The van der Waals surface area contributed by atoms with Crippen LogP contribution in [0.25, 0.3) is 17.7 Å². The first kappa shape index (κ1) is 28.1. The maximum Gasteiger partial charge on any atom is 0.248 e. The molecule has 3 aromatic rings. The molecule has 210 valence electrons. The van der Waals surface area contributed by atoms with Gasteiger partial charge in [0.05, 0.1) is 0 Å². The number of carbonyl (C=O) groups excluding carboxylic acids is 1.